The quantitative estimate of drug-likeness (QED) is 0.846. The molecule has 1 aliphatic carbocycles. The van der Waals surface area contributed by atoms with Crippen molar-refractivity contribution in [3.05, 3.63) is 35.4 Å². The first kappa shape index (κ1) is 19.9. The van der Waals surface area contributed by atoms with E-state index in [1.165, 1.54) is 12.0 Å². The third-order valence-corrected chi connectivity index (χ3v) is 6.29. The minimum absolute atomic E-state index is 0.0325. The van der Waals surface area contributed by atoms with Gasteiger partial charge in [0.15, 0.2) is 0 Å². The summed E-state index contributed by atoms with van der Waals surface area (Å²) in [5.41, 5.74) is 1.97. The van der Waals surface area contributed by atoms with Gasteiger partial charge in [-0.3, -0.25) is 9.59 Å². The standard InChI is InChI=1S/C23H34N2O2/c1-22(2,3)17-10-12-18(13-11-17)23(14-6-4-7-15-23)21(27)25-19-9-5-8-16-24-20(19)26/h10-13,19H,4-9,14-16H2,1-3H3,(H,24,26)(H,25,27)/t19-/m1/s1. The summed E-state index contributed by atoms with van der Waals surface area (Å²) in [6.45, 7) is 7.33. The topological polar surface area (TPSA) is 58.2 Å². The molecule has 4 nitrogen and oxygen atoms in total. The molecule has 1 aromatic rings. The van der Waals surface area contributed by atoms with E-state index < -0.39 is 11.5 Å². The van der Waals surface area contributed by atoms with Crippen molar-refractivity contribution in [2.45, 2.75) is 89.0 Å². The lowest BCUT2D eigenvalue weighted by Gasteiger charge is -2.37. The molecule has 2 aliphatic rings. The zero-order chi connectivity index (χ0) is 19.5. The van der Waals surface area contributed by atoms with Gasteiger partial charge >= 0.3 is 0 Å². The second-order valence-electron chi connectivity index (χ2n) is 9.28. The summed E-state index contributed by atoms with van der Waals surface area (Å²) in [5, 5.41) is 6.04. The Kier molecular flexibility index (Phi) is 5.92. The Morgan fingerprint density at radius 3 is 2.33 bits per heavy atom. The van der Waals surface area contributed by atoms with Gasteiger partial charge in [0.05, 0.1) is 5.41 Å². The lowest BCUT2D eigenvalue weighted by Crippen LogP contribution is -2.53. The Hall–Kier alpha value is -1.84. The van der Waals surface area contributed by atoms with Gasteiger partial charge in [-0.1, -0.05) is 64.3 Å². The molecule has 27 heavy (non-hydrogen) atoms. The van der Waals surface area contributed by atoms with Gasteiger partial charge in [0.1, 0.15) is 6.04 Å². The lowest BCUT2D eigenvalue weighted by atomic mass is 9.68. The second-order valence-corrected chi connectivity index (χ2v) is 9.28. The van der Waals surface area contributed by atoms with Gasteiger partial charge in [-0.05, 0) is 48.6 Å². The molecule has 3 rings (SSSR count). The molecule has 2 N–H and O–H groups in total. The van der Waals surface area contributed by atoms with Crippen molar-refractivity contribution in [3.63, 3.8) is 0 Å². The number of hydrogen-bond acceptors (Lipinski definition) is 2. The number of hydrogen-bond donors (Lipinski definition) is 2. The first-order valence-corrected chi connectivity index (χ1v) is 10.5. The molecule has 148 valence electrons. The maximum atomic E-state index is 13.4. The summed E-state index contributed by atoms with van der Waals surface area (Å²) < 4.78 is 0. The van der Waals surface area contributed by atoms with Gasteiger partial charge in [0, 0.05) is 6.54 Å². The Bertz CT molecular complexity index is 667. The van der Waals surface area contributed by atoms with Gasteiger partial charge in [-0.25, -0.2) is 0 Å². The van der Waals surface area contributed by atoms with Crippen LogP contribution in [0.25, 0.3) is 0 Å². The van der Waals surface area contributed by atoms with Crippen LogP contribution in [0.15, 0.2) is 24.3 Å². The van der Waals surface area contributed by atoms with Crippen molar-refractivity contribution < 1.29 is 9.59 Å². The molecule has 1 heterocycles. The number of rotatable bonds is 3. The molecule has 0 unspecified atom stereocenters. The van der Waals surface area contributed by atoms with Crippen LogP contribution in [-0.4, -0.2) is 24.4 Å². The molecule has 4 heteroatoms. The average molecular weight is 371 g/mol. The molecule has 0 spiro atoms. The first-order valence-electron chi connectivity index (χ1n) is 10.5. The fourth-order valence-electron chi connectivity index (χ4n) is 4.46. The monoisotopic (exact) mass is 370 g/mol. The van der Waals surface area contributed by atoms with Crippen LogP contribution in [0.4, 0.5) is 0 Å². The van der Waals surface area contributed by atoms with E-state index in [9.17, 15) is 9.59 Å². The van der Waals surface area contributed by atoms with E-state index in [-0.39, 0.29) is 17.2 Å². The number of nitrogens with one attached hydrogen (secondary N) is 2. The van der Waals surface area contributed by atoms with Crippen LogP contribution < -0.4 is 10.6 Å². The summed E-state index contributed by atoms with van der Waals surface area (Å²) in [7, 11) is 0. The van der Waals surface area contributed by atoms with Gasteiger partial charge in [-0.2, -0.15) is 0 Å². The summed E-state index contributed by atoms with van der Waals surface area (Å²) in [5.74, 6) is 0.00245. The molecule has 2 fully saturated rings. The molecule has 0 radical (unpaired) electrons. The molecule has 1 atom stereocenters. The summed E-state index contributed by atoms with van der Waals surface area (Å²) in [6.07, 6.45) is 7.71. The van der Waals surface area contributed by atoms with Crippen molar-refractivity contribution >= 4 is 11.8 Å². The van der Waals surface area contributed by atoms with Crippen molar-refractivity contribution in [1.29, 1.82) is 0 Å². The molecule has 1 aliphatic heterocycles. The van der Waals surface area contributed by atoms with Crippen molar-refractivity contribution in [2.24, 2.45) is 0 Å². The van der Waals surface area contributed by atoms with Gasteiger partial charge < -0.3 is 10.6 Å². The van der Waals surface area contributed by atoms with E-state index in [2.05, 4.69) is 55.7 Å². The molecular weight excluding hydrogens is 336 g/mol. The predicted molar refractivity (Wildman–Crippen MR) is 109 cm³/mol. The van der Waals surface area contributed by atoms with Gasteiger partial charge in [0.25, 0.3) is 0 Å². The van der Waals surface area contributed by atoms with Crippen LogP contribution in [0.5, 0.6) is 0 Å². The first-order chi connectivity index (χ1) is 12.8. The normalized spacial score (nSPS) is 23.2. The Morgan fingerprint density at radius 1 is 1.04 bits per heavy atom. The van der Waals surface area contributed by atoms with Crippen molar-refractivity contribution in [2.75, 3.05) is 6.54 Å². The molecule has 0 aromatic heterocycles. The van der Waals surface area contributed by atoms with E-state index >= 15 is 0 Å². The van der Waals surface area contributed by atoms with Crippen LogP contribution in [0.2, 0.25) is 0 Å². The maximum absolute atomic E-state index is 13.4. The minimum Gasteiger partial charge on any atom is -0.354 e. The Balaban J connectivity index is 1.85. The summed E-state index contributed by atoms with van der Waals surface area (Å²) >= 11 is 0. The van der Waals surface area contributed by atoms with Crippen LogP contribution in [0.3, 0.4) is 0 Å². The van der Waals surface area contributed by atoms with Crippen LogP contribution in [-0.2, 0) is 20.4 Å². The minimum atomic E-state index is -0.499. The van der Waals surface area contributed by atoms with E-state index in [0.29, 0.717) is 6.54 Å². The Morgan fingerprint density at radius 2 is 1.70 bits per heavy atom. The van der Waals surface area contributed by atoms with Gasteiger partial charge in [0.2, 0.25) is 11.8 Å². The third-order valence-electron chi connectivity index (χ3n) is 6.29. The molecule has 1 aromatic carbocycles. The van der Waals surface area contributed by atoms with E-state index in [0.717, 1.165) is 50.5 Å². The summed E-state index contributed by atoms with van der Waals surface area (Å²) in [4.78, 5) is 25.7. The van der Waals surface area contributed by atoms with Crippen LogP contribution >= 0.6 is 0 Å². The van der Waals surface area contributed by atoms with Crippen LogP contribution in [0, 0.1) is 0 Å². The number of carbonyl (C=O) groups excluding carboxylic acids is 2. The highest BCUT2D eigenvalue weighted by Gasteiger charge is 2.42. The summed E-state index contributed by atoms with van der Waals surface area (Å²) in [6, 6.07) is 8.21. The SMILES string of the molecule is CC(C)(C)c1ccc(C2(C(=O)N[C@@H]3CCCCNC3=O)CCCCC2)cc1. The molecular formula is C23H34N2O2. The zero-order valence-electron chi connectivity index (χ0n) is 17.1. The number of carbonyl (C=O) groups is 2. The molecule has 2 amide bonds. The highest BCUT2D eigenvalue weighted by atomic mass is 16.2. The number of benzene rings is 1. The zero-order valence-corrected chi connectivity index (χ0v) is 17.1. The second kappa shape index (κ2) is 8.04. The third kappa shape index (κ3) is 4.36. The van der Waals surface area contributed by atoms with E-state index in [1.54, 1.807) is 0 Å². The van der Waals surface area contributed by atoms with E-state index in [1.807, 2.05) is 0 Å². The van der Waals surface area contributed by atoms with Crippen molar-refractivity contribution in [3.8, 4) is 0 Å². The van der Waals surface area contributed by atoms with Gasteiger partial charge in [-0.15, -0.1) is 0 Å². The molecule has 1 saturated heterocycles. The lowest BCUT2D eigenvalue weighted by molar-refractivity contribution is -0.133. The maximum Gasteiger partial charge on any atom is 0.242 e. The highest BCUT2D eigenvalue weighted by Crippen LogP contribution is 2.40. The molecule has 1 saturated carbocycles. The smallest absolute Gasteiger partial charge is 0.242 e. The van der Waals surface area contributed by atoms with E-state index in [4.69, 9.17) is 0 Å². The largest absolute Gasteiger partial charge is 0.354 e. The highest BCUT2D eigenvalue weighted by molar-refractivity contribution is 5.93. The fourth-order valence-corrected chi connectivity index (χ4v) is 4.46. The number of amides is 2. The fraction of sp³-hybridized carbons (Fsp3) is 0.652. The van der Waals surface area contributed by atoms with Crippen LogP contribution in [0.1, 0.15) is 83.3 Å². The average Bonchev–Trinajstić information content (AvgIpc) is 2.86. The molecule has 0 bridgehead atoms. The van der Waals surface area contributed by atoms with Crippen molar-refractivity contribution in [1.82, 2.24) is 10.6 Å². The predicted octanol–water partition coefficient (Wildman–Crippen LogP) is 3.97. The Labute approximate surface area is 163 Å².